The molecule has 1 unspecified atom stereocenters. The van der Waals surface area contributed by atoms with Crippen molar-refractivity contribution in [3.63, 3.8) is 0 Å². The zero-order chi connectivity index (χ0) is 13.2. The third-order valence-electron chi connectivity index (χ3n) is 4.24. The van der Waals surface area contributed by atoms with Crippen molar-refractivity contribution in [1.29, 1.82) is 0 Å². The minimum Gasteiger partial charge on any atom is -0.299 e. The van der Waals surface area contributed by atoms with E-state index in [1.165, 1.54) is 12.0 Å². The van der Waals surface area contributed by atoms with E-state index >= 15 is 0 Å². The fourth-order valence-corrected chi connectivity index (χ4v) is 3.54. The van der Waals surface area contributed by atoms with Gasteiger partial charge in [0, 0.05) is 16.8 Å². The number of aryl methyl sites for hydroxylation is 1. The van der Waals surface area contributed by atoms with Gasteiger partial charge >= 0.3 is 0 Å². The molecule has 1 nitrogen and oxygen atoms in total. The van der Waals surface area contributed by atoms with Gasteiger partial charge in [0.1, 0.15) is 5.78 Å². The molecule has 98 valence electrons. The van der Waals surface area contributed by atoms with Crippen molar-refractivity contribution in [3.05, 3.63) is 34.3 Å². The Morgan fingerprint density at radius 3 is 2.72 bits per heavy atom. The molecule has 0 heterocycles. The minimum absolute atomic E-state index is 0.177. The lowest BCUT2D eigenvalue weighted by Gasteiger charge is -2.37. The number of rotatable bonds is 3. The molecule has 1 aliphatic carbocycles. The van der Waals surface area contributed by atoms with Crippen molar-refractivity contribution < 1.29 is 4.79 Å². The maximum absolute atomic E-state index is 12.1. The number of carbonyl (C=O) groups is 1. The molecule has 0 N–H and O–H groups in total. The normalized spacial score (nSPS) is 23.1. The highest BCUT2D eigenvalue weighted by Crippen LogP contribution is 2.41. The maximum atomic E-state index is 12.1. The fraction of sp³-hybridized carbons (Fsp3) is 0.562. The Hall–Kier alpha value is -0.630. The molecule has 1 aromatic rings. The van der Waals surface area contributed by atoms with E-state index in [1.54, 1.807) is 0 Å². The molecule has 0 radical (unpaired) electrons. The molecule has 0 amide bonds. The summed E-state index contributed by atoms with van der Waals surface area (Å²) in [5.41, 5.74) is 1.49. The number of hydrogen-bond acceptors (Lipinski definition) is 1. The summed E-state index contributed by atoms with van der Waals surface area (Å²) in [4.78, 5) is 12.1. The lowest BCUT2D eigenvalue weighted by molar-refractivity contribution is -0.129. The molecular formula is C16H21BrO. The van der Waals surface area contributed by atoms with Crippen molar-refractivity contribution in [2.24, 2.45) is 11.3 Å². The van der Waals surface area contributed by atoms with E-state index in [1.807, 2.05) is 6.07 Å². The van der Waals surface area contributed by atoms with E-state index in [-0.39, 0.29) is 11.3 Å². The van der Waals surface area contributed by atoms with Crippen LogP contribution in [0.15, 0.2) is 28.7 Å². The van der Waals surface area contributed by atoms with Crippen LogP contribution in [0.25, 0.3) is 0 Å². The maximum Gasteiger partial charge on any atom is 0.136 e. The third-order valence-corrected chi connectivity index (χ3v) is 5.01. The Bertz CT molecular complexity index is 436. The van der Waals surface area contributed by atoms with E-state index in [2.05, 4.69) is 48.0 Å². The van der Waals surface area contributed by atoms with Gasteiger partial charge in [-0.3, -0.25) is 4.79 Å². The van der Waals surface area contributed by atoms with Gasteiger partial charge in [0.25, 0.3) is 0 Å². The summed E-state index contributed by atoms with van der Waals surface area (Å²) in [6.45, 7) is 4.49. The van der Waals surface area contributed by atoms with E-state index in [0.29, 0.717) is 5.78 Å². The average molecular weight is 309 g/mol. The number of benzene rings is 1. The summed E-state index contributed by atoms with van der Waals surface area (Å²) in [6, 6.07) is 8.31. The molecule has 1 atom stereocenters. The van der Waals surface area contributed by atoms with E-state index in [4.69, 9.17) is 0 Å². The van der Waals surface area contributed by atoms with E-state index in [0.717, 1.165) is 30.2 Å². The Morgan fingerprint density at radius 1 is 1.33 bits per heavy atom. The largest absolute Gasteiger partial charge is 0.299 e. The predicted molar refractivity (Wildman–Crippen MR) is 78.6 cm³/mol. The van der Waals surface area contributed by atoms with Crippen LogP contribution >= 0.6 is 15.9 Å². The van der Waals surface area contributed by atoms with Crippen LogP contribution in [0.4, 0.5) is 0 Å². The number of ketones is 1. The summed E-state index contributed by atoms with van der Waals surface area (Å²) in [7, 11) is 0. The van der Waals surface area contributed by atoms with Gasteiger partial charge in [0.05, 0.1) is 0 Å². The predicted octanol–water partition coefficient (Wildman–Crippen LogP) is 4.78. The first-order valence-corrected chi connectivity index (χ1v) is 7.56. The van der Waals surface area contributed by atoms with Gasteiger partial charge < -0.3 is 0 Å². The first kappa shape index (κ1) is 13.8. The van der Waals surface area contributed by atoms with Crippen LogP contribution in [0.5, 0.6) is 0 Å². The van der Waals surface area contributed by atoms with Gasteiger partial charge in [-0.15, -0.1) is 0 Å². The Morgan fingerprint density at radius 2 is 2.06 bits per heavy atom. The van der Waals surface area contributed by atoms with Crippen molar-refractivity contribution in [3.8, 4) is 0 Å². The zero-order valence-corrected chi connectivity index (χ0v) is 12.8. The zero-order valence-electron chi connectivity index (χ0n) is 11.2. The lowest BCUT2D eigenvalue weighted by atomic mass is 9.66. The van der Waals surface area contributed by atoms with Crippen LogP contribution in [-0.2, 0) is 11.2 Å². The van der Waals surface area contributed by atoms with E-state index in [9.17, 15) is 4.79 Å². The smallest absolute Gasteiger partial charge is 0.136 e. The third kappa shape index (κ3) is 3.03. The lowest BCUT2D eigenvalue weighted by Crippen LogP contribution is -2.35. The molecule has 0 spiro atoms. The van der Waals surface area contributed by atoms with Gasteiger partial charge in [0.2, 0.25) is 0 Å². The van der Waals surface area contributed by atoms with Crippen LogP contribution in [0, 0.1) is 11.3 Å². The van der Waals surface area contributed by atoms with Crippen molar-refractivity contribution >= 4 is 21.7 Å². The monoisotopic (exact) mass is 308 g/mol. The molecule has 1 saturated carbocycles. The van der Waals surface area contributed by atoms with Crippen molar-refractivity contribution in [2.75, 3.05) is 0 Å². The molecule has 0 aromatic heterocycles. The first-order chi connectivity index (χ1) is 8.50. The Labute approximate surface area is 118 Å². The quantitative estimate of drug-likeness (QED) is 0.785. The SMILES string of the molecule is CC1(C)CCCC(=O)C1CCc1ccccc1Br. The number of hydrogen-bond donors (Lipinski definition) is 0. The second kappa shape index (κ2) is 5.56. The van der Waals surface area contributed by atoms with Gasteiger partial charge in [-0.25, -0.2) is 0 Å². The van der Waals surface area contributed by atoms with Crippen molar-refractivity contribution in [2.45, 2.75) is 46.0 Å². The van der Waals surface area contributed by atoms with Gasteiger partial charge in [0.15, 0.2) is 0 Å². The average Bonchev–Trinajstić information content (AvgIpc) is 2.30. The van der Waals surface area contributed by atoms with Gasteiger partial charge in [-0.05, 0) is 42.7 Å². The van der Waals surface area contributed by atoms with Crippen LogP contribution in [0.2, 0.25) is 0 Å². The molecule has 0 aliphatic heterocycles. The fourth-order valence-electron chi connectivity index (χ4n) is 3.06. The topological polar surface area (TPSA) is 17.1 Å². The number of carbonyl (C=O) groups excluding carboxylic acids is 1. The molecule has 18 heavy (non-hydrogen) atoms. The second-order valence-corrected chi connectivity index (χ2v) is 6.85. The summed E-state index contributed by atoms with van der Waals surface area (Å²) < 4.78 is 1.16. The van der Waals surface area contributed by atoms with Crippen molar-refractivity contribution in [1.82, 2.24) is 0 Å². The van der Waals surface area contributed by atoms with Crippen LogP contribution < -0.4 is 0 Å². The summed E-state index contributed by atoms with van der Waals surface area (Å²) in [6.07, 6.45) is 5.00. The summed E-state index contributed by atoms with van der Waals surface area (Å²) >= 11 is 3.58. The molecule has 1 fully saturated rings. The second-order valence-electron chi connectivity index (χ2n) is 5.99. The van der Waals surface area contributed by atoms with Crippen LogP contribution in [0.3, 0.4) is 0 Å². The highest BCUT2D eigenvalue weighted by atomic mass is 79.9. The Kier molecular flexibility index (Phi) is 4.26. The standard InChI is InChI=1S/C16H21BrO/c1-16(2)11-5-8-15(18)13(16)10-9-12-6-3-4-7-14(12)17/h3-4,6-7,13H,5,8-11H2,1-2H3. The van der Waals surface area contributed by atoms with Crippen LogP contribution in [0.1, 0.15) is 45.1 Å². The number of Topliss-reactive ketones (excluding diaryl/α,β-unsaturated/α-hetero) is 1. The van der Waals surface area contributed by atoms with Crippen LogP contribution in [-0.4, -0.2) is 5.78 Å². The summed E-state index contributed by atoms with van der Waals surface area (Å²) in [5, 5.41) is 0. The van der Waals surface area contributed by atoms with Gasteiger partial charge in [-0.2, -0.15) is 0 Å². The minimum atomic E-state index is 0.177. The highest BCUT2D eigenvalue weighted by molar-refractivity contribution is 9.10. The Balaban J connectivity index is 2.05. The molecule has 2 heteroatoms. The first-order valence-electron chi connectivity index (χ1n) is 6.77. The van der Waals surface area contributed by atoms with E-state index < -0.39 is 0 Å². The molecule has 1 aromatic carbocycles. The van der Waals surface area contributed by atoms with Gasteiger partial charge in [-0.1, -0.05) is 48.0 Å². The molecular weight excluding hydrogens is 288 g/mol. The molecule has 0 bridgehead atoms. The molecule has 0 saturated heterocycles. The highest BCUT2D eigenvalue weighted by Gasteiger charge is 2.37. The molecule has 2 rings (SSSR count). The summed E-state index contributed by atoms with van der Waals surface area (Å²) in [5.74, 6) is 0.705. The molecule has 1 aliphatic rings. The number of halogens is 1.